The van der Waals surface area contributed by atoms with Crippen LogP contribution >= 0.6 is 0 Å². The van der Waals surface area contributed by atoms with Gasteiger partial charge in [-0.2, -0.15) is 15.3 Å². The lowest BCUT2D eigenvalue weighted by molar-refractivity contribution is 0.881. The van der Waals surface area contributed by atoms with E-state index in [1.807, 2.05) is 36.4 Å². The van der Waals surface area contributed by atoms with Gasteiger partial charge in [0.05, 0.1) is 11.4 Å². The Morgan fingerprint density at radius 2 is 1.90 bits per heavy atom. The molecule has 0 aliphatic carbocycles. The van der Waals surface area contributed by atoms with Crippen LogP contribution in [-0.2, 0) is 0 Å². The smallest absolute Gasteiger partial charge is 0.222 e. The van der Waals surface area contributed by atoms with Crippen molar-refractivity contribution in [2.24, 2.45) is 0 Å². The summed E-state index contributed by atoms with van der Waals surface area (Å²) >= 11 is 0. The standard InChI is InChI=1S/C14H11N7/c15-8-10-12(19-14(17)20-13(10)16)9-4-1-2-5-11(9)21-7-3-6-18-21/h1-7H,(H4,16,17,19,20). The Labute approximate surface area is 120 Å². The number of benzene rings is 1. The molecule has 2 aromatic heterocycles. The van der Waals surface area contributed by atoms with Crippen LogP contribution in [0.15, 0.2) is 42.7 Å². The van der Waals surface area contributed by atoms with Crippen molar-refractivity contribution in [1.82, 2.24) is 19.7 Å². The molecule has 0 atom stereocenters. The van der Waals surface area contributed by atoms with Crippen molar-refractivity contribution in [3.05, 3.63) is 48.3 Å². The summed E-state index contributed by atoms with van der Waals surface area (Å²) in [6.45, 7) is 0. The zero-order valence-corrected chi connectivity index (χ0v) is 10.9. The van der Waals surface area contributed by atoms with Crippen LogP contribution in [0.1, 0.15) is 5.56 Å². The van der Waals surface area contributed by atoms with Crippen LogP contribution < -0.4 is 11.5 Å². The van der Waals surface area contributed by atoms with Crippen molar-refractivity contribution in [1.29, 1.82) is 5.26 Å². The summed E-state index contributed by atoms with van der Waals surface area (Å²) in [6, 6.07) is 11.3. The normalized spacial score (nSPS) is 10.2. The molecule has 0 amide bonds. The minimum absolute atomic E-state index is 0.0248. The number of hydrogen-bond donors (Lipinski definition) is 2. The zero-order valence-electron chi connectivity index (χ0n) is 10.9. The first-order chi connectivity index (χ1) is 10.2. The number of anilines is 2. The predicted octanol–water partition coefficient (Wildman–Crippen LogP) is 1.37. The van der Waals surface area contributed by atoms with Crippen molar-refractivity contribution < 1.29 is 0 Å². The van der Waals surface area contributed by atoms with Gasteiger partial charge in [-0.05, 0) is 12.1 Å². The summed E-state index contributed by atoms with van der Waals surface area (Å²) < 4.78 is 1.69. The highest BCUT2D eigenvalue weighted by Crippen LogP contribution is 2.29. The number of nitrogens with two attached hydrogens (primary N) is 2. The summed E-state index contributed by atoms with van der Waals surface area (Å²) in [4.78, 5) is 7.99. The van der Waals surface area contributed by atoms with Gasteiger partial charge in [-0.25, -0.2) is 9.67 Å². The molecule has 3 aromatic rings. The van der Waals surface area contributed by atoms with Gasteiger partial charge in [0.2, 0.25) is 5.95 Å². The van der Waals surface area contributed by atoms with Gasteiger partial charge in [-0.3, -0.25) is 0 Å². The van der Waals surface area contributed by atoms with Crippen molar-refractivity contribution in [3.8, 4) is 23.0 Å². The quantitative estimate of drug-likeness (QED) is 0.729. The molecule has 0 saturated carbocycles. The Bertz CT molecular complexity index is 831. The molecule has 4 N–H and O–H groups in total. The minimum Gasteiger partial charge on any atom is -0.382 e. The molecular formula is C14H11N7. The van der Waals surface area contributed by atoms with E-state index in [1.54, 1.807) is 17.1 Å². The molecule has 0 aliphatic heterocycles. The van der Waals surface area contributed by atoms with Gasteiger partial charge in [0, 0.05) is 18.0 Å². The summed E-state index contributed by atoms with van der Waals surface area (Å²) in [5.74, 6) is 0.0898. The fraction of sp³-hybridized carbons (Fsp3) is 0. The lowest BCUT2D eigenvalue weighted by Crippen LogP contribution is -2.06. The number of nitriles is 1. The van der Waals surface area contributed by atoms with Gasteiger partial charge in [-0.1, -0.05) is 18.2 Å². The Hall–Kier alpha value is -3.40. The molecule has 0 saturated heterocycles. The molecule has 7 heteroatoms. The van der Waals surface area contributed by atoms with E-state index < -0.39 is 0 Å². The van der Waals surface area contributed by atoms with Crippen LogP contribution in [0, 0.1) is 11.3 Å². The van der Waals surface area contributed by atoms with E-state index in [-0.39, 0.29) is 17.3 Å². The first-order valence-corrected chi connectivity index (χ1v) is 6.13. The van der Waals surface area contributed by atoms with Crippen molar-refractivity contribution >= 4 is 11.8 Å². The topological polar surface area (TPSA) is 119 Å². The van der Waals surface area contributed by atoms with Crippen molar-refractivity contribution in [2.75, 3.05) is 11.5 Å². The molecule has 0 unspecified atom stereocenters. The Morgan fingerprint density at radius 3 is 2.62 bits per heavy atom. The van der Waals surface area contributed by atoms with Crippen molar-refractivity contribution in [2.45, 2.75) is 0 Å². The van der Waals surface area contributed by atoms with E-state index in [9.17, 15) is 5.26 Å². The van der Waals surface area contributed by atoms with Gasteiger partial charge >= 0.3 is 0 Å². The number of nitrogen functional groups attached to an aromatic ring is 2. The van der Waals surface area contributed by atoms with Gasteiger partial charge in [0.15, 0.2) is 0 Å². The third-order valence-electron chi connectivity index (χ3n) is 2.98. The van der Waals surface area contributed by atoms with Crippen LogP contribution in [0.5, 0.6) is 0 Å². The number of rotatable bonds is 2. The van der Waals surface area contributed by atoms with Gasteiger partial charge in [0.1, 0.15) is 17.5 Å². The number of para-hydroxylation sites is 1. The van der Waals surface area contributed by atoms with E-state index in [4.69, 9.17) is 11.5 Å². The van der Waals surface area contributed by atoms with Crippen LogP contribution in [0.4, 0.5) is 11.8 Å². The Kier molecular flexibility index (Phi) is 2.97. The maximum atomic E-state index is 9.30. The summed E-state index contributed by atoms with van der Waals surface area (Å²) in [7, 11) is 0. The SMILES string of the molecule is N#Cc1c(N)nc(N)nc1-c1ccccc1-n1cccn1. The maximum Gasteiger partial charge on any atom is 0.222 e. The largest absolute Gasteiger partial charge is 0.382 e. The molecule has 3 rings (SSSR count). The average molecular weight is 277 g/mol. The first kappa shape index (κ1) is 12.6. The Morgan fingerprint density at radius 1 is 1.10 bits per heavy atom. The maximum absolute atomic E-state index is 9.30. The van der Waals surface area contributed by atoms with Crippen LogP contribution in [-0.4, -0.2) is 19.7 Å². The predicted molar refractivity (Wildman–Crippen MR) is 78.1 cm³/mol. The molecule has 0 aliphatic rings. The van der Waals surface area contributed by atoms with Crippen molar-refractivity contribution in [3.63, 3.8) is 0 Å². The third-order valence-corrected chi connectivity index (χ3v) is 2.98. The number of nitrogens with zero attached hydrogens (tertiary/aromatic N) is 5. The molecule has 7 nitrogen and oxygen atoms in total. The summed E-state index contributed by atoms with van der Waals surface area (Å²) in [5, 5.41) is 13.5. The van der Waals surface area contributed by atoms with Crippen LogP contribution in [0.3, 0.4) is 0 Å². The van der Waals surface area contributed by atoms with Gasteiger partial charge in [0.25, 0.3) is 0 Å². The molecule has 102 valence electrons. The number of hydrogen-bond acceptors (Lipinski definition) is 6. The third kappa shape index (κ3) is 2.15. The van der Waals surface area contributed by atoms with E-state index in [2.05, 4.69) is 15.1 Å². The van der Waals surface area contributed by atoms with Gasteiger partial charge < -0.3 is 11.5 Å². The number of aromatic nitrogens is 4. The molecule has 0 spiro atoms. The molecule has 0 bridgehead atoms. The molecule has 0 fully saturated rings. The summed E-state index contributed by atoms with van der Waals surface area (Å²) in [5.41, 5.74) is 13.5. The zero-order chi connectivity index (χ0) is 14.8. The lowest BCUT2D eigenvalue weighted by atomic mass is 10.0. The Balaban J connectivity index is 2.30. The first-order valence-electron chi connectivity index (χ1n) is 6.13. The van der Waals surface area contributed by atoms with Crippen LogP contribution in [0.2, 0.25) is 0 Å². The van der Waals surface area contributed by atoms with Crippen LogP contribution in [0.25, 0.3) is 16.9 Å². The summed E-state index contributed by atoms with van der Waals surface area (Å²) in [6.07, 6.45) is 3.48. The van der Waals surface area contributed by atoms with Gasteiger partial charge in [-0.15, -0.1) is 0 Å². The average Bonchev–Trinajstić information content (AvgIpc) is 3.00. The highest BCUT2D eigenvalue weighted by molar-refractivity contribution is 5.78. The molecule has 21 heavy (non-hydrogen) atoms. The monoisotopic (exact) mass is 277 g/mol. The van der Waals surface area contributed by atoms with E-state index in [0.717, 1.165) is 5.69 Å². The fourth-order valence-electron chi connectivity index (χ4n) is 2.09. The molecule has 1 aromatic carbocycles. The highest BCUT2D eigenvalue weighted by Gasteiger charge is 2.16. The fourth-order valence-corrected chi connectivity index (χ4v) is 2.09. The molecular weight excluding hydrogens is 266 g/mol. The highest BCUT2D eigenvalue weighted by atomic mass is 15.3. The minimum atomic E-state index is 0.0248. The van der Waals surface area contributed by atoms with E-state index in [1.165, 1.54) is 0 Å². The lowest BCUT2D eigenvalue weighted by Gasteiger charge is -2.11. The van der Waals surface area contributed by atoms with E-state index in [0.29, 0.717) is 11.3 Å². The molecule has 0 radical (unpaired) electrons. The second-order valence-corrected chi connectivity index (χ2v) is 4.27. The second kappa shape index (κ2) is 4.94. The molecule has 2 heterocycles. The second-order valence-electron chi connectivity index (χ2n) is 4.27. The van der Waals surface area contributed by atoms with E-state index >= 15 is 0 Å².